The van der Waals surface area contributed by atoms with E-state index in [1.165, 1.54) is 4.90 Å². The zero-order chi connectivity index (χ0) is 14.2. The van der Waals surface area contributed by atoms with Gasteiger partial charge < -0.3 is 10.0 Å². The Morgan fingerprint density at radius 3 is 2.21 bits per heavy atom. The molecule has 0 atom stereocenters. The maximum absolute atomic E-state index is 13.2. The van der Waals surface area contributed by atoms with Gasteiger partial charge in [0.25, 0.3) is 5.91 Å². The van der Waals surface area contributed by atoms with Crippen LogP contribution >= 0.6 is 0 Å². The van der Waals surface area contributed by atoms with Crippen molar-refractivity contribution < 1.29 is 23.5 Å². The van der Waals surface area contributed by atoms with Crippen LogP contribution in [0.25, 0.3) is 0 Å². The standard InChI is InChI=1S/C13H13F2NO3/c1-2-16(7-3-4-7)12(17)8-5-10(14)11(15)6-9(8)13(18)19/h5-7H,2-4H2,1H3,(H,18,19). The average Bonchev–Trinajstić information content (AvgIpc) is 3.17. The van der Waals surface area contributed by atoms with Gasteiger partial charge in [-0.2, -0.15) is 0 Å². The number of nitrogens with zero attached hydrogens (tertiary/aromatic N) is 1. The van der Waals surface area contributed by atoms with Gasteiger partial charge in [-0.25, -0.2) is 13.6 Å². The molecule has 19 heavy (non-hydrogen) atoms. The van der Waals surface area contributed by atoms with E-state index in [-0.39, 0.29) is 11.6 Å². The van der Waals surface area contributed by atoms with Gasteiger partial charge in [0, 0.05) is 12.6 Å². The molecule has 0 radical (unpaired) electrons. The molecular formula is C13H13F2NO3. The van der Waals surface area contributed by atoms with Crippen molar-refractivity contribution in [2.75, 3.05) is 6.54 Å². The predicted octanol–water partition coefficient (Wildman–Crippen LogP) is 2.29. The minimum absolute atomic E-state index is 0.0762. The third kappa shape index (κ3) is 2.57. The first kappa shape index (κ1) is 13.5. The van der Waals surface area contributed by atoms with E-state index >= 15 is 0 Å². The summed E-state index contributed by atoms with van der Waals surface area (Å²) in [5.41, 5.74) is -0.817. The molecule has 1 amide bonds. The monoisotopic (exact) mass is 269 g/mol. The second-order valence-electron chi connectivity index (χ2n) is 4.44. The normalized spacial score (nSPS) is 14.3. The van der Waals surface area contributed by atoms with Gasteiger partial charge in [-0.3, -0.25) is 4.79 Å². The van der Waals surface area contributed by atoms with Crippen LogP contribution in [0.15, 0.2) is 12.1 Å². The van der Waals surface area contributed by atoms with E-state index in [1.54, 1.807) is 6.92 Å². The van der Waals surface area contributed by atoms with Gasteiger partial charge in [0.2, 0.25) is 0 Å². The molecule has 0 aliphatic heterocycles. The number of rotatable bonds is 4. The first-order chi connectivity index (χ1) is 8.95. The summed E-state index contributed by atoms with van der Waals surface area (Å²) in [6.07, 6.45) is 1.71. The highest BCUT2D eigenvalue weighted by molar-refractivity contribution is 6.05. The Hall–Kier alpha value is -1.98. The Morgan fingerprint density at radius 2 is 1.79 bits per heavy atom. The molecule has 6 heteroatoms. The highest BCUT2D eigenvalue weighted by Crippen LogP contribution is 2.29. The molecule has 0 spiro atoms. The van der Waals surface area contributed by atoms with Crippen molar-refractivity contribution in [1.29, 1.82) is 0 Å². The zero-order valence-electron chi connectivity index (χ0n) is 10.3. The predicted molar refractivity (Wildman–Crippen MR) is 63.0 cm³/mol. The van der Waals surface area contributed by atoms with Crippen molar-refractivity contribution >= 4 is 11.9 Å². The third-order valence-electron chi connectivity index (χ3n) is 3.11. The number of carbonyl (C=O) groups excluding carboxylic acids is 1. The van der Waals surface area contributed by atoms with Gasteiger partial charge in [0.1, 0.15) is 0 Å². The molecule has 1 aromatic carbocycles. The number of halogens is 2. The van der Waals surface area contributed by atoms with Crippen LogP contribution in [0.3, 0.4) is 0 Å². The first-order valence-electron chi connectivity index (χ1n) is 5.99. The topological polar surface area (TPSA) is 57.6 Å². The van der Waals surface area contributed by atoms with Gasteiger partial charge in [-0.1, -0.05) is 0 Å². The summed E-state index contributed by atoms with van der Waals surface area (Å²) in [5.74, 6) is -4.51. The number of benzene rings is 1. The molecule has 0 bridgehead atoms. The molecule has 0 unspecified atom stereocenters. The van der Waals surface area contributed by atoms with Crippen molar-refractivity contribution in [1.82, 2.24) is 4.90 Å². The quantitative estimate of drug-likeness (QED) is 0.912. The van der Waals surface area contributed by atoms with Crippen LogP contribution in [-0.4, -0.2) is 34.5 Å². The molecule has 0 saturated heterocycles. The minimum atomic E-state index is -1.45. The van der Waals surface area contributed by atoms with Gasteiger partial charge in [-0.05, 0) is 31.9 Å². The van der Waals surface area contributed by atoms with Crippen molar-refractivity contribution in [3.63, 3.8) is 0 Å². The maximum atomic E-state index is 13.2. The summed E-state index contributed by atoms with van der Waals surface area (Å²) in [7, 11) is 0. The smallest absolute Gasteiger partial charge is 0.336 e. The summed E-state index contributed by atoms with van der Waals surface area (Å²) in [5, 5.41) is 8.98. The largest absolute Gasteiger partial charge is 0.478 e. The zero-order valence-corrected chi connectivity index (χ0v) is 10.3. The Bertz CT molecular complexity index is 541. The van der Waals surface area contributed by atoms with Gasteiger partial charge >= 0.3 is 5.97 Å². The van der Waals surface area contributed by atoms with Gasteiger partial charge in [0.15, 0.2) is 11.6 Å². The van der Waals surface area contributed by atoms with Crippen LogP contribution in [0.4, 0.5) is 8.78 Å². The summed E-state index contributed by atoms with van der Waals surface area (Å²) in [6.45, 7) is 2.16. The molecular weight excluding hydrogens is 256 g/mol. The Kier molecular flexibility index (Phi) is 3.50. The number of hydrogen-bond donors (Lipinski definition) is 1. The Balaban J connectivity index is 2.44. The number of carboxylic acids is 1. The fraction of sp³-hybridized carbons (Fsp3) is 0.385. The lowest BCUT2D eigenvalue weighted by Crippen LogP contribution is -2.34. The van der Waals surface area contributed by atoms with Crippen molar-refractivity contribution in [2.45, 2.75) is 25.8 Å². The number of carbonyl (C=O) groups is 2. The minimum Gasteiger partial charge on any atom is -0.478 e. The van der Waals surface area contributed by atoms with E-state index in [2.05, 4.69) is 0 Å². The van der Waals surface area contributed by atoms with E-state index < -0.39 is 29.1 Å². The molecule has 1 saturated carbocycles. The van der Waals surface area contributed by atoms with Gasteiger partial charge in [-0.15, -0.1) is 0 Å². The van der Waals surface area contributed by atoms with E-state index in [0.29, 0.717) is 18.7 Å². The van der Waals surface area contributed by atoms with Gasteiger partial charge in [0.05, 0.1) is 11.1 Å². The van der Waals surface area contributed by atoms with E-state index in [1.807, 2.05) is 0 Å². The van der Waals surface area contributed by atoms with Crippen LogP contribution in [0.2, 0.25) is 0 Å². The number of hydrogen-bond acceptors (Lipinski definition) is 2. The third-order valence-corrected chi connectivity index (χ3v) is 3.11. The molecule has 0 aromatic heterocycles. The lowest BCUT2D eigenvalue weighted by atomic mass is 10.1. The summed E-state index contributed by atoms with van der Waals surface area (Å²) >= 11 is 0. The first-order valence-corrected chi connectivity index (χ1v) is 5.99. The fourth-order valence-electron chi connectivity index (χ4n) is 2.01. The lowest BCUT2D eigenvalue weighted by Gasteiger charge is -2.21. The van der Waals surface area contributed by atoms with Crippen LogP contribution < -0.4 is 0 Å². The van der Waals surface area contributed by atoms with Crippen LogP contribution in [0.1, 0.15) is 40.5 Å². The molecule has 2 rings (SSSR count). The molecule has 1 fully saturated rings. The molecule has 1 N–H and O–H groups in total. The Labute approximate surface area is 108 Å². The average molecular weight is 269 g/mol. The highest BCUT2D eigenvalue weighted by Gasteiger charge is 2.33. The molecule has 1 aliphatic carbocycles. The maximum Gasteiger partial charge on any atom is 0.336 e. The van der Waals surface area contributed by atoms with E-state index in [9.17, 15) is 18.4 Å². The SMILES string of the molecule is CCN(C(=O)c1cc(F)c(F)cc1C(=O)O)C1CC1. The van der Waals surface area contributed by atoms with Crippen molar-refractivity contribution in [2.24, 2.45) is 0 Å². The van der Waals surface area contributed by atoms with Crippen LogP contribution in [-0.2, 0) is 0 Å². The van der Waals surface area contributed by atoms with Crippen molar-refractivity contribution in [3.8, 4) is 0 Å². The molecule has 0 heterocycles. The molecule has 4 nitrogen and oxygen atoms in total. The fourth-order valence-corrected chi connectivity index (χ4v) is 2.01. The van der Waals surface area contributed by atoms with E-state index in [0.717, 1.165) is 12.8 Å². The number of aromatic carboxylic acids is 1. The number of amides is 1. The summed E-state index contributed by atoms with van der Waals surface area (Å²) in [4.78, 5) is 24.7. The highest BCUT2D eigenvalue weighted by atomic mass is 19.2. The van der Waals surface area contributed by atoms with E-state index in [4.69, 9.17) is 5.11 Å². The van der Waals surface area contributed by atoms with Crippen LogP contribution in [0.5, 0.6) is 0 Å². The van der Waals surface area contributed by atoms with Crippen LogP contribution in [0, 0.1) is 11.6 Å². The summed E-state index contributed by atoms with van der Waals surface area (Å²) in [6, 6.07) is 1.28. The second kappa shape index (κ2) is 4.95. The second-order valence-corrected chi connectivity index (χ2v) is 4.44. The molecule has 102 valence electrons. The lowest BCUT2D eigenvalue weighted by molar-refractivity contribution is 0.0673. The Morgan fingerprint density at radius 1 is 1.26 bits per heavy atom. The summed E-state index contributed by atoms with van der Waals surface area (Å²) < 4.78 is 26.3. The molecule has 1 aromatic rings. The van der Waals surface area contributed by atoms with Crippen molar-refractivity contribution in [3.05, 3.63) is 34.9 Å². The molecule has 1 aliphatic rings. The number of carboxylic acid groups (broad SMARTS) is 1.